The zero-order valence-electron chi connectivity index (χ0n) is 8.28. The maximum Gasteiger partial charge on any atom is 0.0167 e. The van der Waals surface area contributed by atoms with Gasteiger partial charge in [0.15, 0.2) is 0 Å². The van der Waals surface area contributed by atoms with Gasteiger partial charge in [-0.25, -0.2) is 0 Å². The Balaban J connectivity index is 1.79. The van der Waals surface area contributed by atoms with Crippen molar-refractivity contribution in [2.75, 3.05) is 26.2 Å². The molecule has 1 heterocycles. The summed E-state index contributed by atoms with van der Waals surface area (Å²) in [5.74, 6) is 1.69. The van der Waals surface area contributed by atoms with E-state index in [0.717, 1.165) is 31.5 Å². The molecule has 1 fully saturated rings. The minimum absolute atomic E-state index is 0.806. The smallest absolute Gasteiger partial charge is 0.0167 e. The lowest BCUT2D eigenvalue weighted by Gasteiger charge is -2.24. The molecule has 0 amide bonds. The van der Waals surface area contributed by atoms with Crippen LogP contribution < -0.4 is 5.73 Å². The lowest BCUT2D eigenvalue weighted by molar-refractivity contribution is 0.251. The Bertz CT molecular complexity index is 181. The van der Waals surface area contributed by atoms with Crippen molar-refractivity contribution in [3.63, 3.8) is 0 Å². The zero-order chi connectivity index (χ0) is 9.10. The highest BCUT2D eigenvalue weighted by Crippen LogP contribution is 2.31. The van der Waals surface area contributed by atoms with E-state index in [1.54, 1.807) is 0 Å². The standard InChI is InChI=1S/C11H20N2/c12-8-10-4-3-5-11(10)9-13-6-1-2-7-13/h1-2,10-11H,3-9,12H2. The van der Waals surface area contributed by atoms with E-state index in [1.165, 1.54) is 25.8 Å². The maximum absolute atomic E-state index is 5.76. The minimum Gasteiger partial charge on any atom is -0.330 e. The van der Waals surface area contributed by atoms with Gasteiger partial charge in [0.05, 0.1) is 0 Å². The Morgan fingerprint density at radius 2 is 1.85 bits per heavy atom. The highest BCUT2D eigenvalue weighted by atomic mass is 15.1. The van der Waals surface area contributed by atoms with E-state index in [2.05, 4.69) is 17.1 Å². The molecule has 0 bridgehead atoms. The summed E-state index contributed by atoms with van der Waals surface area (Å²) in [7, 11) is 0. The van der Waals surface area contributed by atoms with Gasteiger partial charge in [0.25, 0.3) is 0 Å². The SMILES string of the molecule is NCC1CCCC1CN1CC=CC1. The first-order valence-electron chi connectivity index (χ1n) is 5.47. The molecule has 2 heteroatoms. The maximum atomic E-state index is 5.76. The van der Waals surface area contributed by atoms with Gasteiger partial charge in [-0.15, -0.1) is 0 Å². The number of hydrogen-bond donors (Lipinski definition) is 1. The fourth-order valence-electron chi connectivity index (χ4n) is 2.67. The van der Waals surface area contributed by atoms with E-state index >= 15 is 0 Å². The van der Waals surface area contributed by atoms with E-state index in [9.17, 15) is 0 Å². The molecule has 2 rings (SSSR count). The third-order valence-electron chi connectivity index (χ3n) is 3.51. The molecule has 0 aromatic carbocycles. The van der Waals surface area contributed by atoms with Gasteiger partial charge in [-0.2, -0.15) is 0 Å². The van der Waals surface area contributed by atoms with Crippen LogP contribution in [0.4, 0.5) is 0 Å². The molecule has 2 unspecified atom stereocenters. The molecular formula is C11H20N2. The fraction of sp³-hybridized carbons (Fsp3) is 0.818. The number of nitrogens with zero attached hydrogens (tertiary/aromatic N) is 1. The molecule has 1 aliphatic carbocycles. The highest BCUT2D eigenvalue weighted by molar-refractivity contribution is 4.96. The van der Waals surface area contributed by atoms with Crippen LogP contribution in [-0.2, 0) is 0 Å². The molecule has 1 saturated carbocycles. The van der Waals surface area contributed by atoms with E-state index in [1.807, 2.05) is 0 Å². The first kappa shape index (κ1) is 9.22. The van der Waals surface area contributed by atoms with Gasteiger partial charge >= 0.3 is 0 Å². The van der Waals surface area contributed by atoms with Crippen LogP contribution in [0.2, 0.25) is 0 Å². The van der Waals surface area contributed by atoms with Crippen molar-refractivity contribution in [2.24, 2.45) is 17.6 Å². The van der Waals surface area contributed by atoms with Crippen LogP contribution in [-0.4, -0.2) is 31.1 Å². The molecule has 0 saturated heterocycles. The van der Waals surface area contributed by atoms with Crippen LogP contribution >= 0.6 is 0 Å². The molecule has 13 heavy (non-hydrogen) atoms. The van der Waals surface area contributed by atoms with Crippen LogP contribution in [0.3, 0.4) is 0 Å². The molecule has 74 valence electrons. The van der Waals surface area contributed by atoms with Crippen LogP contribution in [0.25, 0.3) is 0 Å². The van der Waals surface area contributed by atoms with Crippen molar-refractivity contribution in [3.05, 3.63) is 12.2 Å². The number of nitrogens with two attached hydrogens (primary N) is 1. The Morgan fingerprint density at radius 3 is 2.54 bits per heavy atom. The average Bonchev–Trinajstić information content (AvgIpc) is 2.76. The van der Waals surface area contributed by atoms with Crippen molar-refractivity contribution < 1.29 is 0 Å². The Labute approximate surface area is 80.8 Å². The Morgan fingerprint density at radius 1 is 1.15 bits per heavy atom. The van der Waals surface area contributed by atoms with Crippen LogP contribution in [0.5, 0.6) is 0 Å². The van der Waals surface area contributed by atoms with Crippen molar-refractivity contribution in [1.29, 1.82) is 0 Å². The number of hydrogen-bond acceptors (Lipinski definition) is 2. The molecule has 2 atom stereocenters. The lowest BCUT2D eigenvalue weighted by atomic mass is 9.96. The van der Waals surface area contributed by atoms with Crippen LogP contribution in [0.1, 0.15) is 19.3 Å². The largest absolute Gasteiger partial charge is 0.330 e. The van der Waals surface area contributed by atoms with Crippen molar-refractivity contribution >= 4 is 0 Å². The van der Waals surface area contributed by atoms with Crippen LogP contribution in [0.15, 0.2) is 12.2 Å². The molecule has 0 spiro atoms. The van der Waals surface area contributed by atoms with Gasteiger partial charge in [0.2, 0.25) is 0 Å². The third-order valence-corrected chi connectivity index (χ3v) is 3.51. The predicted molar refractivity (Wildman–Crippen MR) is 55.5 cm³/mol. The first-order valence-corrected chi connectivity index (χ1v) is 5.47. The monoisotopic (exact) mass is 180 g/mol. The van der Waals surface area contributed by atoms with Gasteiger partial charge in [-0.3, -0.25) is 4.90 Å². The topological polar surface area (TPSA) is 29.3 Å². The fourth-order valence-corrected chi connectivity index (χ4v) is 2.67. The first-order chi connectivity index (χ1) is 6.40. The molecule has 2 N–H and O–H groups in total. The molecule has 2 nitrogen and oxygen atoms in total. The summed E-state index contributed by atoms with van der Waals surface area (Å²) in [5, 5.41) is 0. The molecule has 0 aromatic rings. The van der Waals surface area contributed by atoms with E-state index in [0.29, 0.717) is 0 Å². The summed E-state index contributed by atoms with van der Waals surface area (Å²) in [6.07, 6.45) is 8.70. The second-order valence-corrected chi connectivity index (χ2v) is 4.38. The highest BCUT2D eigenvalue weighted by Gasteiger charge is 2.27. The van der Waals surface area contributed by atoms with Gasteiger partial charge in [-0.05, 0) is 31.2 Å². The quantitative estimate of drug-likeness (QED) is 0.662. The zero-order valence-corrected chi connectivity index (χ0v) is 8.28. The second-order valence-electron chi connectivity index (χ2n) is 4.38. The molecule has 0 radical (unpaired) electrons. The van der Waals surface area contributed by atoms with E-state index in [4.69, 9.17) is 5.73 Å². The van der Waals surface area contributed by atoms with E-state index < -0.39 is 0 Å². The lowest BCUT2D eigenvalue weighted by Crippen LogP contribution is -2.31. The Kier molecular flexibility index (Phi) is 3.01. The summed E-state index contributed by atoms with van der Waals surface area (Å²) in [6.45, 7) is 4.49. The second kappa shape index (κ2) is 4.25. The number of rotatable bonds is 3. The van der Waals surface area contributed by atoms with Crippen molar-refractivity contribution in [3.8, 4) is 0 Å². The molecular weight excluding hydrogens is 160 g/mol. The summed E-state index contributed by atoms with van der Waals surface area (Å²) >= 11 is 0. The average molecular weight is 180 g/mol. The van der Waals surface area contributed by atoms with Gasteiger partial charge < -0.3 is 5.73 Å². The van der Waals surface area contributed by atoms with Crippen molar-refractivity contribution in [1.82, 2.24) is 4.90 Å². The normalized spacial score (nSPS) is 34.5. The van der Waals surface area contributed by atoms with Gasteiger partial charge in [0.1, 0.15) is 0 Å². The van der Waals surface area contributed by atoms with Gasteiger partial charge in [0, 0.05) is 19.6 Å². The summed E-state index contributed by atoms with van der Waals surface area (Å²) in [5.41, 5.74) is 5.76. The van der Waals surface area contributed by atoms with E-state index in [-0.39, 0.29) is 0 Å². The van der Waals surface area contributed by atoms with Crippen LogP contribution in [0, 0.1) is 11.8 Å². The molecule has 2 aliphatic rings. The molecule has 1 aliphatic heterocycles. The summed E-state index contributed by atoms with van der Waals surface area (Å²) in [6, 6.07) is 0. The van der Waals surface area contributed by atoms with Crippen molar-refractivity contribution in [2.45, 2.75) is 19.3 Å². The summed E-state index contributed by atoms with van der Waals surface area (Å²) < 4.78 is 0. The summed E-state index contributed by atoms with van der Waals surface area (Å²) in [4.78, 5) is 2.53. The minimum atomic E-state index is 0.806. The third kappa shape index (κ3) is 2.12. The Hall–Kier alpha value is -0.340. The molecule has 0 aromatic heterocycles. The van der Waals surface area contributed by atoms with Gasteiger partial charge in [-0.1, -0.05) is 18.6 Å². The predicted octanol–water partition coefficient (Wildman–Crippen LogP) is 1.23.